The van der Waals surface area contributed by atoms with Gasteiger partial charge in [-0.1, -0.05) is 0 Å². The molecule has 0 unspecified atom stereocenters. The van der Waals surface area contributed by atoms with Gasteiger partial charge in [-0.05, 0) is 37.3 Å². The average molecular weight is 383 g/mol. The Morgan fingerprint density at radius 2 is 1.79 bits per heavy atom. The zero-order chi connectivity index (χ0) is 20.3. The Morgan fingerprint density at radius 3 is 2.43 bits per heavy atom. The van der Waals surface area contributed by atoms with Gasteiger partial charge in [0.1, 0.15) is 12.4 Å². The first-order chi connectivity index (χ1) is 13.3. The number of pyridine rings is 1. The molecule has 3 rings (SSSR count). The van der Waals surface area contributed by atoms with E-state index in [2.05, 4.69) is 15.7 Å². The maximum Gasteiger partial charge on any atom is 0.257 e. The van der Waals surface area contributed by atoms with Gasteiger partial charge in [0, 0.05) is 31.2 Å². The lowest BCUT2D eigenvalue weighted by atomic mass is 10.2. The fourth-order valence-electron chi connectivity index (χ4n) is 2.59. The van der Waals surface area contributed by atoms with Gasteiger partial charge in [-0.25, -0.2) is 4.39 Å². The fourth-order valence-corrected chi connectivity index (χ4v) is 2.59. The van der Waals surface area contributed by atoms with Crippen LogP contribution in [0, 0.1) is 12.7 Å². The molecule has 28 heavy (non-hydrogen) atoms. The van der Waals surface area contributed by atoms with Gasteiger partial charge in [0.25, 0.3) is 11.5 Å². The molecule has 0 fully saturated rings. The van der Waals surface area contributed by atoms with Crippen LogP contribution >= 0.6 is 0 Å². The standard InChI is InChI=1S/C19H18FN5O3/c1-12-16(10-24(2)23-12)22-19(28)13-3-8-18(27)25(9-13)11-17(26)21-15-6-4-14(20)5-7-15/h3-10H,11H2,1-2H3,(H,21,26)(H,22,28). The number of halogens is 1. The number of aryl methyl sites for hydroxylation is 2. The van der Waals surface area contributed by atoms with Crippen molar-refractivity contribution >= 4 is 23.2 Å². The summed E-state index contributed by atoms with van der Waals surface area (Å²) in [7, 11) is 1.74. The van der Waals surface area contributed by atoms with Crippen molar-refractivity contribution < 1.29 is 14.0 Å². The summed E-state index contributed by atoms with van der Waals surface area (Å²) in [4.78, 5) is 36.6. The van der Waals surface area contributed by atoms with E-state index < -0.39 is 23.2 Å². The lowest BCUT2D eigenvalue weighted by Crippen LogP contribution is -2.28. The lowest BCUT2D eigenvalue weighted by Gasteiger charge is -2.09. The number of anilines is 2. The van der Waals surface area contributed by atoms with Crippen LogP contribution in [0.3, 0.4) is 0 Å². The molecule has 0 aliphatic rings. The third-order valence-electron chi connectivity index (χ3n) is 3.95. The van der Waals surface area contributed by atoms with Crippen molar-refractivity contribution in [3.8, 4) is 0 Å². The lowest BCUT2D eigenvalue weighted by molar-refractivity contribution is -0.116. The van der Waals surface area contributed by atoms with Crippen molar-refractivity contribution in [1.29, 1.82) is 0 Å². The maximum absolute atomic E-state index is 12.9. The molecule has 0 spiro atoms. The summed E-state index contributed by atoms with van der Waals surface area (Å²) in [6, 6.07) is 7.86. The Balaban J connectivity index is 1.72. The van der Waals surface area contributed by atoms with Crippen LogP contribution < -0.4 is 16.2 Å². The van der Waals surface area contributed by atoms with E-state index in [1.54, 1.807) is 24.9 Å². The summed E-state index contributed by atoms with van der Waals surface area (Å²) in [6.07, 6.45) is 2.98. The van der Waals surface area contributed by atoms with E-state index in [1.807, 2.05) is 0 Å². The van der Waals surface area contributed by atoms with Crippen molar-refractivity contribution in [2.45, 2.75) is 13.5 Å². The molecule has 8 nitrogen and oxygen atoms in total. The molecule has 1 aromatic carbocycles. The van der Waals surface area contributed by atoms with E-state index in [0.29, 0.717) is 17.1 Å². The second kappa shape index (κ2) is 7.87. The smallest absolute Gasteiger partial charge is 0.257 e. The Labute approximate surface area is 159 Å². The Morgan fingerprint density at radius 1 is 1.07 bits per heavy atom. The molecule has 2 N–H and O–H groups in total. The van der Waals surface area contributed by atoms with Crippen LogP contribution in [0.15, 0.2) is 53.6 Å². The summed E-state index contributed by atoms with van der Waals surface area (Å²) in [5.41, 5.74) is 1.41. The van der Waals surface area contributed by atoms with E-state index >= 15 is 0 Å². The molecular weight excluding hydrogens is 365 g/mol. The summed E-state index contributed by atoms with van der Waals surface area (Å²) >= 11 is 0. The topological polar surface area (TPSA) is 98.0 Å². The van der Waals surface area contributed by atoms with E-state index in [4.69, 9.17) is 0 Å². The number of carbonyl (C=O) groups is 2. The minimum atomic E-state index is -0.477. The number of aromatic nitrogens is 3. The van der Waals surface area contributed by atoms with Gasteiger partial charge in [0.2, 0.25) is 5.91 Å². The van der Waals surface area contributed by atoms with E-state index in [0.717, 1.165) is 4.57 Å². The first-order valence-corrected chi connectivity index (χ1v) is 8.39. The molecule has 3 aromatic rings. The van der Waals surface area contributed by atoms with Gasteiger partial charge in [-0.3, -0.25) is 19.1 Å². The van der Waals surface area contributed by atoms with Crippen LogP contribution in [-0.2, 0) is 18.4 Å². The molecule has 0 saturated heterocycles. The zero-order valence-electron chi connectivity index (χ0n) is 15.3. The summed E-state index contributed by atoms with van der Waals surface area (Å²) < 4.78 is 15.6. The molecule has 0 atom stereocenters. The molecule has 0 saturated carbocycles. The highest BCUT2D eigenvalue weighted by Crippen LogP contribution is 2.13. The largest absolute Gasteiger partial charge is 0.325 e. The van der Waals surface area contributed by atoms with Gasteiger partial charge in [-0.15, -0.1) is 0 Å². The molecule has 2 heterocycles. The molecule has 144 valence electrons. The second-order valence-corrected chi connectivity index (χ2v) is 6.19. The van der Waals surface area contributed by atoms with E-state index in [-0.39, 0.29) is 12.1 Å². The predicted octanol–water partition coefficient (Wildman–Crippen LogP) is 1.92. The first kappa shape index (κ1) is 19.0. The zero-order valence-corrected chi connectivity index (χ0v) is 15.3. The van der Waals surface area contributed by atoms with Crippen molar-refractivity contribution in [1.82, 2.24) is 14.3 Å². The van der Waals surface area contributed by atoms with Gasteiger partial charge >= 0.3 is 0 Å². The molecule has 2 amide bonds. The number of hydrogen-bond acceptors (Lipinski definition) is 4. The molecule has 0 bridgehead atoms. The number of nitrogens with zero attached hydrogens (tertiary/aromatic N) is 3. The molecule has 0 aliphatic carbocycles. The van der Waals surface area contributed by atoms with Gasteiger partial charge < -0.3 is 15.2 Å². The average Bonchev–Trinajstić information content (AvgIpc) is 2.96. The number of nitrogens with one attached hydrogen (secondary N) is 2. The van der Waals surface area contributed by atoms with E-state index in [9.17, 15) is 18.8 Å². The first-order valence-electron chi connectivity index (χ1n) is 8.39. The molecule has 0 radical (unpaired) electrons. The highest BCUT2D eigenvalue weighted by atomic mass is 19.1. The number of benzene rings is 1. The summed E-state index contributed by atoms with van der Waals surface area (Å²) in [6.45, 7) is 1.47. The van der Waals surface area contributed by atoms with Gasteiger partial charge in [-0.2, -0.15) is 5.10 Å². The van der Waals surface area contributed by atoms with E-state index in [1.165, 1.54) is 42.6 Å². The van der Waals surface area contributed by atoms with Crippen molar-refractivity contribution in [2.75, 3.05) is 10.6 Å². The summed E-state index contributed by atoms with van der Waals surface area (Å²) in [5, 5.41) is 9.43. The molecular formula is C19H18FN5O3. The molecule has 9 heteroatoms. The van der Waals surface area contributed by atoms with Crippen LogP contribution in [0.2, 0.25) is 0 Å². The van der Waals surface area contributed by atoms with Crippen LogP contribution in [0.4, 0.5) is 15.8 Å². The van der Waals surface area contributed by atoms with Crippen LogP contribution in [-0.4, -0.2) is 26.2 Å². The fraction of sp³-hybridized carbons (Fsp3) is 0.158. The predicted molar refractivity (Wildman–Crippen MR) is 102 cm³/mol. The highest BCUT2D eigenvalue weighted by molar-refractivity contribution is 6.04. The SMILES string of the molecule is Cc1nn(C)cc1NC(=O)c1ccc(=O)n(CC(=O)Nc2ccc(F)cc2)c1. The third-order valence-corrected chi connectivity index (χ3v) is 3.95. The Hall–Kier alpha value is -3.75. The second-order valence-electron chi connectivity index (χ2n) is 6.19. The number of carbonyl (C=O) groups excluding carboxylic acids is 2. The van der Waals surface area contributed by atoms with Crippen LogP contribution in [0.25, 0.3) is 0 Å². The van der Waals surface area contributed by atoms with Crippen LogP contribution in [0.5, 0.6) is 0 Å². The van der Waals surface area contributed by atoms with Crippen molar-refractivity contribution in [3.63, 3.8) is 0 Å². The normalized spacial score (nSPS) is 10.5. The Bertz CT molecular complexity index is 1090. The number of hydrogen-bond donors (Lipinski definition) is 2. The minimum Gasteiger partial charge on any atom is -0.325 e. The van der Waals surface area contributed by atoms with Crippen molar-refractivity contribution in [2.24, 2.45) is 7.05 Å². The Kier molecular flexibility index (Phi) is 5.35. The molecule has 2 aromatic heterocycles. The van der Waals surface area contributed by atoms with Crippen LogP contribution in [0.1, 0.15) is 16.1 Å². The highest BCUT2D eigenvalue weighted by Gasteiger charge is 2.13. The number of amides is 2. The number of rotatable bonds is 5. The monoisotopic (exact) mass is 383 g/mol. The maximum atomic E-state index is 12.9. The van der Waals surface area contributed by atoms with Crippen molar-refractivity contribution in [3.05, 3.63) is 76.2 Å². The molecule has 0 aliphatic heterocycles. The summed E-state index contributed by atoms with van der Waals surface area (Å²) in [5.74, 6) is -1.32. The van der Waals surface area contributed by atoms with Gasteiger partial charge in [0.05, 0.1) is 16.9 Å². The third kappa shape index (κ3) is 4.50. The quantitative estimate of drug-likeness (QED) is 0.703. The van der Waals surface area contributed by atoms with Gasteiger partial charge in [0.15, 0.2) is 0 Å². The minimum absolute atomic E-state index is 0.220.